The summed E-state index contributed by atoms with van der Waals surface area (Å²) in [5, 5.41) is 12.7. The van der Waals surface area contributed by atoms with Crippen LogP contribution in [0.5, 0.6) is 0 Å². The Morgan fingerprint density at radius 2 is 2.10 bits per heavy atom. The molecule has 8 heteroatoms. The minimum atomic E-state index is -0.684. The number of nitrogens with zero attached hydrogens (tertiary/aromatic N) is 1. The van der Waals surface area contributed by atoms with Crippen molar-refractivity contribution < 1.29 is 9.59 Å². The van der Waals surface area contributed by atoms with E-state index >= 15 is 0 Å². The van der Waals surface area contributed by atoms with Crippen LogP contribution >= 0.6 is 12.4 Å². The van der Waals surface area contributed by atoms with Gasteiger partial charge in [0, 0.05) is 30.8 Å². The second-order valence-corrected chi connectivity index (χ2v) is 5.05. The number of primary amides is 1. The van der Waals surface area contributed by atoms with Crippen LogP contribution in [0.25, 0.3) is 0 Å². The van der Waals surface area contributed by atoms with Gasteiger partial charge >= 0.3 is 0 Å². The third-order valence-electron chi connectivity index (χ3n) is 3.28. The van der Waals surface area contributed by atoms with Gasteiger partial charge in [-0.05, 0) is 5.92 Å². The van der Waals surface area contributed by atoms with Crippen LogP contribution in [0.15, 0.2) is 0 Å². The van der Waals surface area contributed by atoms with Gasteiger partial charge in [-0.3, -0.25) is 14.7 Å². The molecule has 1 aliphatic rings. The number of rotatable bonds is 4. The number of amides is 2. The van der Waals surface area contributed by atoms with Crippen LogP contribution in [-0.2, 0) is 17.8 Å². The molecule has 0 bridgehead atoms. The molecule has 1 aromatic rings. The first-order valence-corrected chi connectivity index (χ1v) is 6.37. The Balaban J connectivity index is 0.00000200. The van der Waals surface area contributed by atoms with E-state index < -0.39 is 11.9 Å². The van der Waals surface area contributed by atoms with Gasteiger partial charge in [-0.15, -0.1) is 12.4 Å². The van der Waals surface area contributed by atoms with Crippen molar-refractivity contribution in [2.75, 3.05) is 6.54 Å². The van der Waals surface area contributed by atoms with Crippen molar-refractivity contribution in [1.82, 2.24) is 20.8 Å². The van der Waals surface area contributed by atoms with Gasteiger partial charge in [0.05, 0.1) is 0 Å². The van der Waals surface area contributed by atoms with Crippen LogP contribution in [0, 0.1) is 5.92 Å². The van der Waals surface area contributed by atoms with Crippen molar-refractivity contribution in [2.24, 2.45) is 11.7 Å². The molecule has 0 fully saturated rings. The van der Waals surface area contributed by atoms with Gasteiger partial charge in [-0.1, -0.05) is 13.8 Å². The Kier molecular flexibility index (Phi) is 5.52. The van der Waals surface area contributed by atoms with Crippen LogP contribution in [0.4, 0.5) is 0 Å². The summed E-state index contributed by atoms with van der Waals surface area (Å²) in [5.41, 5.74) is 7.47. The first-order valence-electron chi connectivity index (χ1n) is 6.37. The van der Waals surface area contributed by atoms with Gasteiger partial charge in [0.1, 0.15) is 6.04 Å². The lowest BCUT2D eigenvalue weighted by Crippen LogP contribution is -2.48. The maximum absolute atomic E-state index is 12.2. The highest BCUT2D eigenvalue weighted by atomic mass is 35.5. The van der Waals surface area contributed by atoms with Crippen LogP contribution in [0.2, 0.25) is 0 Å². The third-order valence-corrected chi connectivity index (χ3v) is 3.28. The van der Waals surface area contributed by atoms with Crippen LogP contribution in [-0.4, -0.2) is 34.6 Å². The average Bonchev–Trinajstić information content (AvgIpc) is 2.78. The fourth-order valence-corrected chi connectivity index (χ4v) is 2.19. The zero-order valence-electron chi connectivity index (χ0n) is 11.5. The predicted octanol–water partition coefficient (Wildman–Crippen LogP) is -0.283. The molecule has 5 N–H and O–H groups in total. The van der Waals surface area contributed by atoms with E-state index in [0.717, 1.165) is 24.2 Å². The predicted molar refractivity (Wildman–Crippen MR) is 76.5 cm³/mol. The van der Waals surface area contributed by atoms with Crippen LogP contribution < -0.4 is 16.4 Å². The van der Waals surface area contributed by atoms with Crippen molar-refractivity contribution in [3.63, 3.8) is 0 Å². The zero-order chi connectivity index (χ0) is 14.0. The van der Waals surface area contributed by atoms with E-state index in [9.17, 15) is 9.59 Å². The smallest absolute Gasteiger partial charge is 0.272 e. The summed E-state index contributed by atoms with van der Waals surface area (Å²) in [6, 6.07) is -0.684. The van der Waals surface area contributed by atoms with E-state index in [1.54, 1.807) is 0 Å². The number of hydrogen-bond acceptors (Lipinski definition) is 4. The molecular weight excluding hydrogens is 282 g/mol. The maximum atomic E-state index is 12.2. The lowest BCUT2D eigenvalue weighted by atomic mass is 10.0. The summed E-state index contributed by atoms with van der Waals surface area (Å²) in [5.74, 6) is -0.959. The first-order chi connectivity index (χ1) is 9.00. The molecule has 0 saturated carbocycles. The largest absolute Gasteiger partial charge is 0.368 e. The van der Waals surface area contributed by atoms with E-state index in [1.807, 2.05) is 13.8 Å². The summed E-state index contributed by atoms with van der Waals surface area (Å²) in [4.78, 5) is 23.5. The summed E-state index contributed by atoms with van der Waals surface area (Å²) < 4.78 is 0. The van der Waals surface area contributed by atoms with Crippen LogP contribution in [0.1, 0.15) is 35.6 Å². The SMILES string of the molecule is CC(C)C(NC(=O)c1n[nH]c2c1CNCC2)C(N)=O.Cl. The molecule has 0 spiro atoms. The third kappa shape index (κ3) is 3.29. The van der Waals surface area contributed by atoms with Gasteiger partial charge in [0.15, 0.2) is 5.69 Å². The van der Waals surface area contributed by atoms with Gasteiger partial charge in [-0.2, -0.15) is 5.10 Å². The average molecular weight is 302 g/mol. The maximum Gasteiger partial charge on any atom is 0.272 e. The Bertz CT molecular complexity index is 500. The highest BCUT2D eigenvalue weighted by molar-refractivity contribution is 5.97. The summed E-state index contributed by atoms with van der Waals surface area (Å²) in [6.07, 6.45) is 0.818. The molecule has 7 nitrogen and oxygen atoms in total. The van der Waals surface area contributed by atoms with Crippen molar-refractivity contribution in [2.45, 2.75) is 32.9 Å². The first kappa shape index (κ1) is 16.5. The van der Waals surface area contributed by atoms with E-state index in [0.29, 0.717) is 12.2 Å². The lowest BCUT2D eigenvalue weighted by molar-refractivity contribution is -0.120. The molecule has 1 aliphatic heterocycles. The molecule has 1 atom stereocenters. The quantitative estimate of drug-likeness (QED) is 0.612. The molecule has 2 rings (SSSR count). The number of aromatic amines is 1. The van der Waals surface area contributed by atoms with Gasteiger partial charge < -0.3 is 16.4 Å². The molecular formula is C12H20ClN5O2. The number of carbonyl (C=O) groups is 2. The fourth-order valence-electron chi connectivity index (χ4n) is 2.19. The molecule has 1 aromatic heterocycles. The minimum absolute atomic E-state index is 0. The fraction of sp³-hybridized carbons (Fsp3) is 0.583. The monoisotopic (exact) mass is 301 g/mol. The summed E-state index contributed by atoms with van der Waals surface area (Å²) in [6.45, 7) is 5.14. The molecule has 0 saturated heterocycles. The number of H-pyrrole nitrogens is 1. The van der Waals surface area contributed by atoms with Crippen molar-refractivity contribution in [1.29, 1.82) is 0 Å². The molecule has 1 unspecified atom stereocenters. The topological polar surface area (TPSA) is 113 Å². The molecule has 0 aromatic carbocycles. The highest BCUT2D eigenvalue weighted by Gasteiger charge is 2.26. The second kappa shape index (κ2) is 6.71. The molecule has 2 heterocycles. The number of hydrogen-bond donors (Lipinski definition) is 4. The molecule has 112 valence electrons. The summed E-state index contributed by atoms with van der Waals surface area (Å²) in [7, 11) is 0. The number of aromatic nitrogens is 2. The van der Waals surface area contributed by atoms with Gasteiger partial charge in [0.25, 0.3) is 5.91 Å². The van der Waals surface area contributed by atoms with Gasteiger partial charge in [0.2, 0.25) is 5.91 Å². The number of fused-ring (bicyclic) bond motifs is 1. The van der Waals surface area contributed by atoms with E-state index in [2.05, 4.69) is 20.8 Å². The van der Waals surface area contributed by atoms with Crippen molar-refractivity contribution in [3.8, 4) is 0 Å². The number of nitrogens with one attached hydrogen (secondary N) is 3. The van der Waals surface area contributed by atoms with Crippen molar-refractivity contribution in [3.05, 3.63) is 17.0 Å². The normalized spacial score (nSPS) is 15.2. The van der Waals surface area contributed by atoms with E-state index in [4.69, 9.17) is 5.73 Å². The lowest BCUT2D eigenvalue weighted by Gasteiger charge is -2.19. The van der Waals surface area contributed by atoms with E-state index in [1.165, 1.54) is 0 Å². The summed E-state index contributed by atoms with van der Waals surface area (Å²) >= 11 is 0. The number of carbonyl (C=O) groups excluding carboxylic acids is 2. The Morgan fingerprint density at radius 3 is 2.70 bits per heavy atom. The Morgan fingerprint density at radius 1 is 1.40 bits per heavy atom. The minimum Gasteiger partial charge on any atom is -0.368 e. The number of halogens is 1. The molecule has 2 amide bonds. The molecule has 0 radical (unpaired) electrons. The highest BCUT2D eigenvalue weighted by Crippen LogP contribution is 2.15. The molecule has 0 aliphatic carbocycles. The second-order valence-electron chi connectivity index (χ2n) is 5.05. The Hall–Kier alpha value is -1.60. The standard InChI is InChI=1S/C12H19N5O2.ClH/c1-6(2)9(11(13)18)15-12(19)10-7-5-14-4-3-8(7)16-17-10;/h6,9,14H,3-5H2,1-2H3,(H2,13,18)(H,15,19)(H,16,17);1H. The van der Waals surface area contributed by atoms with Crippen LogP contribution in [0.3, 0.4) is 0 Å². The van der Waals surface area contributed by atoms with E-state index in [-0.39, 0.29) is 24.2 Å². The van der Waals surface area contributed by atoms with Crippen molar-refractivity contribution >= 4 is 24.2 Å². The number of nitrogens with two attached hydrogens (primary N) is 1. The zero-order valence-corrected chi connectivity index (χ0v) is 12.3. The molecule has 20 heavy (non-hydrogen) atoms. The Labute approximate surface area is 123 Å². The van der Waals surface area contributed by atoms with Gasteiger partial charge in [-0.25, -0.2) is 0 Å².